The van der Waals surface area contributed by atoms with Crippen molar-refractivity contribution in [2.45, 2.75) is 70.4 Å². The summed E-state index contributed by atoms with van der Waals surface area (Å²) in [7, 11) is 0. The van der Waals surface area contributed by atoms with Crippen LogP contribution in [0.1, 0.15) is 64.1 Å². The summed E-state index contributed by atoms with van der Waals surface area (Å²) >= 11 is 0. The number of hydrogen-bond acceptors (Lipinski definition) is 5. The molecule has 5 heteroatoms. The minimum absolute atomic E-state index is 0.0328. The molecule has 5 nitrogen and oxygen atoms in total. The molecule has 0 spiro atoms. The highest BCUT2D eigenvalue weighted by Gasteiger charge is 2.38. The molecule has 0 radical (unpaired) electrons. The van der Waals surface area contributed by atoms with Crippen LogP contribution in [0, 0.1) is 0 Å². The summed E-state index contributed by atoms with van der Waals surface area (Å²) in [5.74, 6) is 1.33. The maximum Gasteiger partial charge on any atom is 0.228 e. The van der Waals surface area contributed by atoms with Gasteiger partial charge in [-0.2, -0.15) is 4.98 Å². The number of hydrogen-bond donors (Lipinski definition) is 1. The fourth-order valence-electron chi connectivity index (χ4n) is 2.81. The summed E-state index contributed by atoms with van der Waals surface area (Å²) in [5.41, 5.74) is 5.43. The van der Waals surface area contributed by atoms with E-state index in [4.69, 9.17) is 15.0 Å². The molecule has 1 aromatic heterocycles. The van der Waals surface area contributed by atoms with Gasteiger partial charge in [0.1, 0.15) is 5.60 Å². The molecular formula is C14H25N3O2. The first-order valence-electron chi connectivity index (χ1n) is 7.39. The first kappa shape index (κ1) is 14.5. The second-order valence-electron chi connectivity index (χ2n) is 5.53. The standard InChI is InChI=1S/C14H25N3O2/c1-3-18-14(8-6-4-5-7-9-14)13-16-12(19-17-13)10-11(2)15/h11H,3-10,15H2,1-2H3. The van der Waals surface area contributed by atoms with Crippen molar-refractivity contribution in [2.24, 2.45) is 5.73 Å². The number of aromatic nitrogens is 2. The van der Waals surface area contributed by atoms with Crippen molar-refractivity contribution in [3.63, 3.8) is 0 Å². The summed E-state index contributed by atoms with van der Waals surface area (Å²) in [6.07, 6.45) is 7.44. The molecule has 1 aromatic rings. The van der Waals surface area contributed by atoms with E-state index in [1.807, 2.05) is 13.8 Å². The highest BCUT2D eigenvalue weighted by molar-refractivity contribution is 5.03. The van der Waals surface area contributed by atoms with Crippen LogP contribution in [0.3, 0.4) is 0 Å². The predicted octanol–water partition coefficient (Wildman–Crippen LogP) is 2.55. The van der Waals surface area contributed by atoms with Gasteiger partial charge in [0.25, 0.3) is 0 Å². The molecule has 1 unspecified atom stereocenters. The van der Waals surface area contributed by atoms with Crippen molar-refractivity contribution < 1.29 is 9.26 Å². The Morgan fingerprint density at radius 1 is 1.32 bits per heavy atom. The zero-order valence-corrected chi connectivity index (χ0v) is 12.0. The average Bonchev–Trinajstić information content (AvgIpc) is 2.69. The molecule has 1 saturated carbocycles. The Kier molecular flexibility index (Phi) is 4.93. The first-order valence-corrected chi connectivity index (χ1v) is 7.39. The molecule has 1 fully saturated rings. The van der Waals surface area contributed by atoms with E-state index < -0.39 is 0 Å². The van der Waals surface area contributed by atoms with Crippen molar-refractivity contribution >= 4 is 0 Å². The highest BCUT2D eigenvalue weighted by atomic mass is 16.5. The third-order valence-corrected chi connectivity index (χ3v) is 3.70. The molecule has 1 aliphatic carbocycles. The van der Waals surface area contributed by atoms with Crippen LogP contribution in [-0.2, 0) is 16.8 Å². The SMILES string of the molecule is CCOC1(c2noc(CC(C)N)n2)CCCCCC1. The lowest BCUT2D eigenvalue weighted by molar-refractivity contribution is -0.0636. The van der Waals surface area contributed by atoms with E-state index in [1.165, 1.54) is 12.8 Å². The predicted molar refractivity (Wildman–Crippen MR) is 72.7 cm³/mol. The number of rotatable bonds is 5. The van der Waals surface area contributed by atoms with Gasteiger partial charge in [0, 0.05) is 19.1 Å². The third kappa shape index (κ3) is 3.54. The number of nitrogens with zero attached hydrogens (tertiary/aromatic N) is 2. The summed E-state index contributed by atoms with van der Waals surface area (Å²) in [4.78, 5) is 4.52. The van der Waals surface area contributed by atoms with Gasteiger partial charge in [-0.3, -0.25) is 0 Å². The lowest BCUT2D eigenvalue weighted by Gasteiger charge is -2.29. The van der Waals surface area contributed by atoms with Gasteiger partial charge < -0.3 is 15.0 Å². The first-order chi connectivity index (χ1) is 9.16. The highest BCUT2D eigenvalue weighted by Crippen LogP contribution is 2.37. The van der Waals surface area contributed by atoms with Crippen LogP contribution in [0.4, 0.5) is 0 Å². The molecule has 0 aromatic carbocycles. The molecule has 2 N–H and O–H groups in total. The van der Waals surface area contributed by atoms with E-state index in [2.05, 4.69) is 10.1 Å². The largest absolute Gasteiger partial charge is 0.367 e. The van der Waals surface area contributed by atoms with Gasteiger partial charge in [-0.15, -0.1) is 0 Å². The molecule has 19 heavy (non-hydrogen) atoms. The molecular weight excluding hydrogens is 242 g/mol. The zero-order valence-electron chi connectivity index (χ0n) is 12.0. The van der Waals surface area contributed by atoms with E-state index in [0.717, 1.165) is 25.7 Å². The van der Waals surface area contributed by atoms with E-state index in [9.17, 15) is 0 Å². The Bertz CT molecular complexity index is 382. The summed E-state index contributed by atoms with van der Waals surface area (Å²) in [6.45, 7) is 4.64. The Morgan fingerprint density at radius 3 is 2.58 bits per heavy atom. The summed E-state index contributed by atoms with van der Waals surface area (Å²) < 4.78 is 11.4. The smallest absolute Gasteiger partial charge is 0.228 e. The maximum atomic E-state index is 6.04. The topological polar surface area (TPSA) is 74.2 Å². The van der Waals surface area contributed by atoms with Crippen LogP contribution in [0.15, 0.2) is 4.52 Å². The van der Waals surface area contributed by atoms with E-state index in [1.54, 1.807) is 0 Å². The lowest BCUT2D eigenvalue weighted by Crippen LogP contribution is -2.31. The molecule has 2 rings (SSSR count). The van der Waals surface area contributed by atoms with Gasteiger partial charge in [0.05, 0.1) is 0 Å². The Hall–Kier alpha value is -0.940. The number of nitrogens with two attached hydrogens (primary N) is 1. The lowest BCUT2D eigenvalue weighted by atomic mass is 9.93. The van der Waals surface area contributed by atoms with Crippen LogP contribution in [0.2, 0.25) is 0 Å². The second-order valence-corrected chi connectivity index (χ2v) is 5.53. The minimum atomic E-state index is -0.342. The van der Waals surface area contributed by atoms with Gasteiger partial charge >= 0.3 is 0 Å². The Morgan fingerprint density at radius 2 is 2.00 bits per heavy atom. The molecule has 0 bridgehead atoms. The van der Waals surface area contributed by atoms with Crippen molar-refractivity contribution in [1.29, 1.82) is 0 Å². The molecule has 108 valence electrons. The van der Waals surface area contributed by atoms with Crippen molar-refractivity contribution in [2.75, 3.05) is 6.61 Å². The minimum Gasteiger partial charge on any atom is -0.367 e. The van der Waals surface area contributed by atoms with Gasteiger partial charge in [0.15, 0.2) is 0 Å². The van der Waals surface area contributed by atoms with Crippen molar-refractivity contribution in [3.05, 3.63) is 11.7 Å². The molecule has 0 saturated heterocycles. The normalized spacial score (nSPS) is 21.0. The molecule has 1 aliphatic rings. The van der Waals surface area contributed by atoms with Gasteiger partial charge in [-0.05, 0) is 26.7 Å². The van der Waals surface area contributed by atoms with Crippen LogP contribution in [-0.4, -0.2) is 22.8 Å². The van der Waals surface area contributed by atoms with E-state index in [0.29, 0.717) is 24.7 Å². The van der Waals surface area contributed by atoms with Crippen LogP contribution < -0.4 is 5.73 Å². The molecule has 0 aliphatic heterocycles. The average molecular weight is 267 g/mol. The fraction of sp³-hybridized carbons (Fsp3) is 0.857. The zero-order chi connectivity index (χ0) is 13.7. The Labute approximate surface area is 114 Å². The Balaban J connectivity index is 2.19. The van der Waals surface area contributed by atoms with Crippen LogP contribution in [0.25, 0.3) is 0 Å². The second kappa shape index (κ2) is 6.48. The fourth-order valence-corrected chi connectivity index (χ4v) is 2.81. The van der Waals surface area contributed by atoms with E-state index >= 15 is 0 Å². The van der Waals surface area contributed by atoms with E-state index in [-0.39, 0.29) is 11.6 Å². The molecule has 1 atom stereocenters. The molecule has 1 heterocycles. The summed E-state index contributed by atoms with van der Waals surface area (Å²) in [6, 6.07) is 0.0328. The number of ether oxygens (including phenoxy) is 1. The molecule has 0 amide bonds. The summed E-state index contributed by atoms with van der Waals surface area (Å²) in [5, 5.41) is 4.16. The van der Waals surface area contributed by atoms with Crippen molar-refractivity contribution in [3.8, 4) is 0 Å². The quantitative estimate of drug-likeness (QED) is 0.830. The monoisotopic (exact) mass is 267 g/mol. The third-order valence-electron chi connectivity index (χ3n) is 3.70. The van der Waals surface area contributed by atoms with Gasteiger partial charge in [0.2, 0.25) is 11.7 Å². The maximum absolute atomic E-state index is 6.04. The van der Waals surface area contributed by atoms with Crippen LogP contribution >= 0.6 is 0 Å². The van der Waals surface area contributed by atoms with Gasteiger partial charge in [-0.25, -0.2) is 0 Å². The van der Waals surface area contributed by atoms with Gasteiger partial charge in [-0.1, -0.05) is 30.8 Å². The van der Waals surface area contributed by atoms with Crippen molar-refractivity contribution in [1.82, 2.24) is 10.1 Å². The van der Waals surface area contributed by atoms with Crippen LogP contribution in [0.5, 0.6) is 0 Å².